The topological polar surface area (TPSA) is 15.3 Å². The fraction of sp³-hybridized carbons (Fsp3) is 0.500. The van der Waals surface area contributed by atoms with Gasteiger partial charge in [-0.15, -0.1) is 12.4 Å². The van der Waals surface area contributed by atoms with E-state index >= 15 is 0 Å². The van der Waals surface area contributed by atoms with Crippen molar-refractivity contribution in [2.24, 2.45) is 0 Å². The van der Waals surface area contributed by atoms with Crippen LogP contribution >= 0.6 is 12.4 Å². The lowest BCUT2D eigenvalue weighted by Gasteiger charge is -2.35. The van der Waals surface area contributed by atoms with E-state index in [-0.39, 0.29) is 18.2 Å². The molecule has 1 fully saturated rings. The first-order valence-corrected chi connectivity index (χ1v) is 5.33. The van der Waals surface area contributed by atoms with Crippen LogP contribution < -0.4 is 5.32 Å². The second kappa shape index (κ2) is 5.62. The number of benzene rings is 1. The van der Waals surface area contributed by atoms with Gasteiger partial charge in [0, 0.05) is 25.7 Å². The largest absolute Gasteiger partial charge is 0.314 e. The summed E-state index contributed by atoms with van der Waals surface area (Å²) in [7, 11) is 2.09. The summed E-state index contributed by atoms with van der Waals surface area (Å²) < 4.78 is 13.3. The molecule has 0 bridgehead atoms. The highest BCUT2D eigenvalue weighted by molar-refractivity contribution is 5.85. The molecule has 0 saturated carbocycles. The second-order valence-corrected chi connectivity index (χ2v) is 4.31. The number of hydrogen-bond acceptors (Lipinski definition) is 2. The van der Waals surface area contributed by atoms with Crippen LogP contribution in [0.5, 0.6) is 0 Å². The zero-order valence-electron chi connectivity index (χ0n) is 9.66. The normalized spacial score (nSPS) is 15.8. The molecule has 0 spiro atoms. The van der Waals surface area contributed by atoms with E-state index in [2.05, 4.69) is 17.3 Å². The maximum atomic E-state index is 13.3. The smallest absolute Gasteiger partial charge is 0.126 e. The van der Waals surface area contributed by atoms with Gasteiger partial charge in [0.1, 0.15) is 5.82 Å². The number of rotatable bonds is 3. The Balaban J connectivity index is 0.00000128. The predicted octanol–water partition coefficient (Wildman–Crippen LogP) is 1.96. The van der Waals surface area contributed by atoms with Crippen molar-refractivity contribution in [3.05, 3.63) is 35.1 Å². The molecular weight excluding hydrogens is 227 g/mol. The molecule has 1 N–H and O–H groups in total. The van der Waals surface area contributed by atoms with Gasteiger partial charge in [0.2, 0.25) is 0 Å². The van der Waals surface area contributed by atoms with Gasteiger partial charge in [-0.05, 0) is 31.2 Å². The number of nitrogens with one attached hydrogen (secondary N) is 1. The van der Waals surface area contributed by atoms with Gasteiger partial charge in [-0.2, -0.15) is 0 Å². The number of hydrogen-bond donors (Lipinski definition) is 1. The van der Waals surface area contributed by atoms with E-state index in [1.807, 2.05) is 12.1 Å². The summed E-state index contributed by atoms with van der Waals surface area (Å²) in [4.78, 5) is 2.26. The maximum absolute atomic E-state index is 13.3. The van der Waals surface area contributed by atoms with Crippen LogP contribution in [0, 0.1) is 12.7 Å². The molecular formula is C12H18ClFN2. The SMILES string of the molecule is Cc1ccc(CN(C)C2CNC2)cc1F.Cl. The monoisotopic (exact) mass is 244 g/mol. The Morgan fingerprint density at radius 1 is 1.44 bits per heavy atom. The van der Waals surface area contributed by atoms with Gasteiger partial charge in [-0.1, -0.05) is 12.1 Å². The van der Waals surface area contributed by atoms with Gasteiger partial charge in [-0.3, -0.25) is 4.90 Å². The molecule has 1 saturated heterocycles. The summed E-state index contributed by atoms with van der Waals surface area (Å²) in [5, 5.41) is 3.23. The van der Waals surface area contributed by atoms with E-state index in [9.17, 15) is 4.39 Å². The number of nitrogens with zero attached hydrogens (tertiary/aromatic N) is 1. The first-order valence-electron chi connectivity index (χ1n) is 5.33. The van der Waals surface area contributed by atoms with Crippen LogP contribution in [0.15, 0.2) is 18.2 Å². The second-order valence-electron chi connectivity index (χ2n) is 4.31. The van der Waals surface area contributed by atoms with Crippen LogP contribution in [0.2, 0.25) is 0 Å². The van der Waals surface area contributed by atoms with Crippen molar-refractivity contribution >= 4 is 12.4 Å². The fourth-order valence-corrected chi connectivity index (χ4v) is 1.74. The third-order valence-corrected chi connectivity index (χ3v) is 3.05. The highest BCUT2D eigenvalue weighted by Crippen LogP contribution is 2.13. The Morgan fingerprint density at radius 3 is 2.62 bits per heavy atom. The molecule has 1 heterocycles. The molecule has 0 atom stereocenters. The van der Waals surface area contributed by atoms with Crippen molar-refractivity contribution < 1.29 is 4.39 Å². The molecule has 0 aliphatic carbocycles. The van der Waals surface area contributed by atoms with Crippen molar-refractivity contribution in [2.75, 3.05) is 20.1 Å². The zero-order chi connectivity index (χ0) is 10.8. The molecule has 1 aromatic rings. The summed E-state index contributed by atoms with van der Waals surface area (Å²) in [6, 6.07) is 6.09. The van der Waals surface area contributed by atoms with E-state index < -0.39 is 0 Å². The molecule has 1 aromatic carbocycles. The molecule has 0 radical (unpaired) electrons. The molecule has 2 rings (SSSR count). The van der Waals surface area contributed by atoms with Crippen molar-refractivity contribution in [3.63, 3.8) is 0 Å². The van der Waals surface area contributed by atoms with Crippen molar-refractivity contribution in [3.8, 4) is 0 Å². The molecule has 2 nitrogen and oxygen atoms in total. The van der Waals surface area contributed by atoms with Crippen LogP contribution in [-0.2, 0) is 6.54 Å². The Morgan fingerprint density at radius 2 is 2.12 bits per heavy atom. The third-order valence-electron chi connectivity index (χ3n) is 3.05. The van der Waals surface area contributed by atoms with Crippen LogP contribution in [0.3, 0.4) is 0 Å². The number of aryl methyl sites for hydroxylation is 1. The number of likely N-dealkylation sites (N-methyl/N-ethyl adjacent to an activating group) is 1. The van der Waals surface area contributed by atoms with Crippen molar-refractivity contribution in [1.82, 2.24) is 10.2 Å². The highest BCUT2D eigenvalue weighted by atomic mass is 35.5. The minimum Gasteiger partial charge on any atom is -0.314 e. The van der Waals surface area contributed by atoms with Gasteiger partial charge in [0.15, 0.2) is 0 Å². The molecule has 1 aliphatic rings. The lowest BCUT2D eigenvalue weighted by molar-refractivity contribution is 0.173. The van der Waals surface area contributed by atoms with Gasteiger partial charge in [0.25, 0.3) is 0 Å². The lowest BCUT2D eigenvalue weighted by Crippen LogP contribution is -2.55. The average Bonchev–Trinajstić information content (AvgIpc) is 2.08. The third kappa shape index (κ3) is 2.94. The Kier molecular flexibility index (Phi) is 4.71. The lowest BCUT2D eigenvalue weighted by atomic mass is 10.1. The Hall–Kier alpha value is -0.640. The first-order chi connectivity index (χ1) is 7.16. The molecule has 0 unspecified atom stereocenters. The van der Waals surface area contributed by atoms with Crippen LogP contribution in [0.4, 0.5) is 4.39 Å². The van der Waals surface area contributed by atoms with Gasteiger partial charge in [-0.25, -0.2) is 4.39 Å². The van der Waals surface area contributed by atoms with Gasteiger partial charge >= 0.3 is 0 Å². The van der Waals surface area contributed by atoms with E-state index in [4.69, 9.17) is 0 Å². The van der Waals surface area contributed by atoms with Crippen LogP contribution in [0.1, 0.15) is 11.1 Å². The summed E-state index contributed by atoms with van der Waals surface area (Å²) in [5.74, 6) is -0.104. The summed E-state index contributed by atoms with van der Waals surface area (Å²) in [6.07, 6.45) is 0. The summed E-state index contributed by atoms with van der Waals surface area (Å²) in [6.45, 7) is 4.71. The molecule has 0 aromatic heterocycles. The average molecular weight is 245 g/mol. The minimum absolute atomic E-state index is 0. The van der Waals surface area contributed by atoms with Crippen LogP contribution in [0.25, 0.3) is 0 Å². The number of halogens is 2. The summed E-state index contributed by atoms with van der Waals surface area (Å²) >= 11 is 0. The first kappa shape index (κ1) is 13.4. The van der Waals surface area contributed by atoms with Crippen LogP contribution in [-0.4, -0.2) is 31.1 Å². The van der Waals surface area contributed by atoms with E-state index in [1.54, 1.807) is 13.0 Å². The zero-order valence-corrected chi connectivity index (χ0v) is 10.5. The molecule has 4 heteroatoms. The maximum Gasteiger partial charge on any atom is 0.126 e. The summed E-state index contributed by atoms with van der Waals surface area (Å²) in [5.41, 5.74) is 1.76. The van der Waals surface area contributed by atoms with Gasteiger partial charge < -0.3 is 5.32 Å². The Labute approximate surface area is 102 Å². The van der Waals surface area contributed by atoms with Gasteiger partial charge in [0.05, 0.1) is 0 Å². The van der Waals surface area contributed by atoms with E-state index in [0.717, 1.165) is 25.2 Å². The predicted molar refractivity (Wildman–Crippen MR) is 66.5 cm³/mol. The van der Waals surface area contributed by atoms with E-state index in [0.29, 0.717) is 11.6 Å². The standard InChI is InChI=1S/C12H17FN2.ClH/c1-9-3-4-10(5-12(9)13)8-15(2)11-6-14-7-11;/h3-5,11,14H,6-8H2,1-2H3;1H. The van der Waals surface area contributed by atoms with Crippen molar-refractivity contribution in [2.45, 2.75) is 19.5 Å². The fourth-order valence-electron chi connectivity index (χ4n) is 1.74. The highest BCUT2D eigenvalue weighted by Gasteiger charge is 2.21. The molecule has 1 aliphatic heterocycles. The Bertz CT molecular complexity index is 353. The molecule has 16 heavy (non-hydrogen) atoms. The van der Waals surface area contributed by atoms with E-state index in [1.165, 1.54) is 0 Å². The quantitative estimate of drug-likeness (QED) is 0.875. The van der Waals surface area contributed by atoms with Crippen molar-refractivity contribution in [1.29, 1.82) is 0 Å². The minimum atomic E-state index is -0.104. The molecule has 0 amide bonds. The molecule has 90 valence electrons.